The van der Waals surface area contributed by atoms with Gasteiger partial charge in [0.1, 0.15) is 0 Å². The summed E-state index contributed by atoms with van der Waals surface area (Å²) in [5.41, 5.74) is 6.83. The molecule has 1 aromatic carbocycles. The summed E-state index contributed by atoms with van der Waals surface area (Å²) in [5.74, 6) is -0.233. The summed E-state index contributed by atoms with van der Waals surface area (Å²) >= 11 is 0. The Bertz CT molecular complexity index is 406. The van der Waals surface area contributed by atoms with Crippen LogP contribution in [0.5, 0.6) is 0 Å². The van der Waals surface area contributed by atoms with Crippen molar-refractivity contribution in [2.75, 3.05) is 20.6 Å². The maximum atomic E-state index is 11.3. The molecule has 0 saturated carbocycles. The number of hydrogen-bond donors (Lipinski definition) is 2. The maximum absolute atomic E-state index is 11.3. The minimum atomic E-state index is -0.122. The van der Waals surface area contributed by atoms with E-state index in [-0.39, 0.29) is 30.8 Å². The SMILES string of the molecule is CNC(=O)c1ccc(CN(C)C(=O)CN)cc1.Cl. The van der Waals surface area contributed by atoms with E-state index in [0.29, 0.717) is 12.1 Å². The van der Waals surface area contributed by atoms with E-state index in [0.717, 1.165) is 5.56 Å². The summed E-state index contributed by atoms with van der Waals surface area (Å²) in [4.78, 5) is 24.1. The van der Waals surface area contributed by atoms with Gasteiger partial charge >= 0.3 is 0 Å². The van der Waals surface area contributed by atoms with Gasteiger partial charge in [0.15, 0.2) is 0 Å². The predicted octanol–water partition coefficient (Wildman–Crippen LogP) is 0.385. The van der Waals surface area contributed by atoms with E-state index < -0.39 is 0 Å². The van der Waals surface area contributed by atoms with E-state index in [4.69, 9.17) is 5.73 Å². The molecule has 0 heterocycles. The highest BCUT2D eigenvalue weighted by Gasteiger charge is 2.07. The molecule has 3 N–H and O–H groups in total. The number of halogens is 1. The van der Waals surface area contributed by atoms with Crippen molar-refractivity contribution in [1.29, 1.82) is 0 Å². The van der Waals surface area contributed by atoms with Crippen molar-refractivity contribution < 1.29 is 9.59 Å². The highest BCUT2D eigenvalue weighted by molar-refractivity contribution is 5.93. The third-order valence-electron chi connectivity index (χ3n) is 2.46. The van der Waals surface area contributed by atoms with Gasteiger partial charge in [-0.15, -0.1) is 12.4 Å². The topological polar surface area (TPSA) is 75.4 Å². The number of rotatable bonds is 4. The first-order valence-corrected chi connectivity index (χ1v) is 5.33. The van der Waals surface area contributed by atoms with Crippen LogP contribution in [0.1, 0.15) is 15.9 Å². The summed E-state index contributed by atoms with van der Waals surface area (Å²) in [6, 6.07) is 7.11. The van der Waals surface area contributed by atoms with Crippen LogP contribution in [0.25, 0.3) is 0 Å². The summed E-state index contributed by atoms with van der Waals surface area (Å²) in [5, 5.41) is 2.55. The van der Waals surface area contributed by atoms with Crippen molar-refractivity contribution >= 4 is 24.2 Å². The standard InChI is InChI=1S/C12H17N3O2.ClH/c1-14-12(17)10-5-3-9(4-6-10)8-15(2)11(16)7-13;/h3-6H,7-8,13H2,1-2H3,(H,14,17);1H. The van der Waals surface area contributed by atoms with Gasteiger partial charge in [0.2, 0.25) is 5.91 Å². The molecule has 2 amide bonds. The van der Waals surface area contributed by atoms with Crippen LogP contribution in [0.15, 0.2) is 24.3 Å². The zero-order valence-electron chi connectivity index (χ0n) is 10.5. The van der Waals surface area contributed by atoms with E-state index >= 15 is 0 Å². The number of carbonyl (C=O) groups excluding carboxylic acids is 2. The average Bonchev–Trinajstić information content (AvgIpc) is 2.37. The molecule has 18 heavy (non-hydrogen) atoms. The van der Waals surface area contributed by atoms with Crippen molar-refractivity contribution in [2.45, 2.75) is 6.54 Å². The number of likely N-dealkylation sites (N-methyl/N-ethyl adjacent to an activating group) is 1. The van der Waals surface area contributed by atoms with Gasteiger partial charge in [0.05, 0.1) is 6.54 Å². The minimum Gasteiger partial charge on any atom is -0.355 e. The summed E-state index contributed by atoms with van der Waals surface area (Å²) in [6.07, 6.45) is 0. The van der Waals surface area contributed by atoms with Crippen LogP contribution < -0.4 is 11.1 Å². The smallest absolute Gasteiger partial charge is 0.251 e. The number of hydrogen-bond acceptors (Lipinski definition) is 3. The molecule has 0 atom stereocenters. The lowest BCUT2D eigenvalue weighted by Crippen LogP contribution is -2.32. The van der Waals surface area contributed by atoms with Gasteiger partial charge in [-0.05, 0) is 17.7 Å². The first-order chi connectivity index (χ1) is 8.08. The van der Waals surface area contributed by atoms with Gasteiger partial charge in [-0.25, -0.2) is 0 Å². The van der Waals surface area contributed by atoms with Crippen LogP contribution in [-0.2, 0) is 11.3 Å². The molecule has 0 saturated heterocycles. The van der Waals surface area contributed by atoms with Crippen LogP contribution in [0.2, 0.25) is 0 Å². The van der Waals surface area contributed by atoms with Gasteiger partial charge < -0.3 is 16.0 Å². The molecular weight excluding hydrogens is 254 g/mol. The number of nitrogens with zero attached hydrogens (tertiary/aromatic N) is 1. The number of nitrogens with two attached hydrogens (primary N) is 1. The Hall–Kier alpha value is -1.59. The van der Waals surface area contributed by atoms with Gasteiger partial charge in [-0.2, -0.15) is 0 Å². The zero-order valence-corrected chi connectivity index (χ0v) is 11.3. The Kier molecular flexibility index (Phi) is 7.00. The Labute approximate surface area is 113 Å². The monoisotopic (exact) mass is 271 g/mol. The lowest BCUT2D eigenvalue weighted by atomic mass is 10.1. The van der Waals surface area contributed by atoms with E-state index in [1.54, 1.807) is 31.1 Å². The van der Waals surface area contributed by atoms with E-state index in [2.05, 4.69) is 5.32 Å². The molecule has 0 aliphatic carbocycles. The molecule has 0 unspecified atom stereocenters. The molecule has 0 fully saturated rings. The van der Waals surface area contributed by atoms with Crippen LogP contribution in [0.3, 0.4) is 0 Å². The number of amides is 2. The Morgan fingerprint density at radius 2 is 1.83 bits per heavy atom. The molecule has 0 bridgehead atoms. The number of carbonyl (C=O) groups is 2. The predicted molar refractivity (Wildman–Crippen MR) is 72.6 cm³/mol. The molecule has 0 radical (unpaired) electrons. The zero-order chi connectivity index (χ0) is 12.8. The fourth-order valence-corrected chi connectivity index (χ4v) is 1.42. The largest absolute Gasteiger partial charge is 0.355 e. The van der Waals surface area contributed by atoms with Crippen LogP contribution in [0.4, 0.5) is 0 Å². The molecule has 1 rings (SSSR count). The fourth-order valence-electron chi connectivity index (χ4n) is 1.42. The van der Waals surface area contributed by atoms with Crippen LogP contribution in [0, 0.1) is 0 Å². The van der Waals surface area contributed by atoms with Crippen LogP contribution in [-0.4, -0.2) is 37.4 Å². The van der Waals surface area contributed by atoms with Gasteiger partial charge in [0.25, 0.3) is 5.91 Å². The lowest BCUT2D eigenvalue weighted by Gasteiger charge is -2.16. The lowest BCUT2D eigenvalue weighted by molar-refractivity contribution is -0.128. The third-order valence-corrected chi connectivity index (χ3v) is 2.46. The molecule has 1 aromatic rings. The van der Waals surface area contributed by atoms with Gasteiger partial charge in [-0.3, -0.25) is 9.59 Å². The van der Waals surface area contributed by atoms with Crippen molar-refractivity contribution in [2.24, 2.45) is 5.73 Å². The molecule has 0 spiro atoms. The van der Waals surface area contributed by atoms with Crippen LogP contribution >= 0.6 is 12.4 Å². The molecule has 0 aliphatic rings. The highest BCUT2D eigenvalue weighted by atomic mass is 35.5. The van der Waals surface area contributed by atoms with Crippen molar-refractivity contribution in [3.05, 3.63) is 35.4 Å². The molecular formula is C12H18ClN3O2. The molecule has 5 nitrogen and oxygen atoms in total. The minimum absolute atomic E-state index is 0. The Morgan fingerprint density at radius 3 is 2.28 bits per heavy atom. The van der Waals surface area contributed by atoms with Crippen molar-refractivity contribution in [3.63, 3.8) is 0 Å². The van der Waals surface area contributed by atoms with E-state index in [9.17, 15) is 9.59 Å². The second-order valence-corrected chi connectivity index (χ2v) is 3.73. The average molecular weight is 272 g/mol. The van der Waals surface area contributed by atoms with Crippen molar-refractivity contribution in [1.82, 2.24) is 10.2 Å². The molecule has 100 valence electrons. The normalized spacial score (nSPS) is 9.28. The van der Waals surface area contributed by atoms with Gasteiger partial charge in [0, 0.05) is 26.2 Å². The number of benzene rings is 1. The van der Waals surface area contributed by atoms with Gasteiger partial charge in [-0.1, -0.05) is 12.1 Å². The third kappa shape index (κ3) is 4.35. The fraction of sp³-hybridized carbons (Fsp3) is 0.333. The quantitative estimate of drug-likeness (QED) is 0.832. The summed E-state index contributed by atoms with van der Waals surface area (Å²) < 4.78 is 0. The van der Waals surface area contributed by atoms with E-state index in [1.807, 2.05) is 12.1 Å². The molecule has 0 aromatic heterocycles. The number of nitrogens with one attached hydrogen (secondary N) is 1. The molecule has 0 aliphatic heterocycles. The highest BCUT2D eigenvalue weighted by Crippen LogP contribution is 2.06. The first-order valence-electron chi connectivity index (χ1n) is 5.33. The Balaban J connectivity index is 0.00000289. The second-order valence-electron chi connectivity index (χ2n) is 3.73. The second kappa shape index (κ2) is 7.68. The van der Waals surface area contributed by atoms with Crippen molar-refractivity contribution in [3.8, 4) is 0 Å². The summed E-state index contributed by atoms with van der Waals surface area (Å²) in [6.45, 7) is 0.497. The molecule has 6 heteroatoms. The maximum Gasteiger partial charge on any atom is 0.251 e. The Morgan fingerprint density at radius 1 is 1.28 bits per heavy atom. The van der Waals surface area contributed by atoms with E-state index in [1.165, 1.54) is 0 Å². The first kappa shape index (κ1) is 16.4. The summed E-state index contributed by atoms with van der Waals surface area (Å²) in [7, 11) is 3.28.